The molecule has 0 saturated heterocycles. The van der Waals surface area contributed by atoms with Gasteiger partial charge in [-0.05, 0) is 32.2 Å². The lowest BCUT2D eigenvalue weighted by Gasteiger charge is -2.05. The molecule has 1 aromatic heterocycles. The van der Waals surface area contributed by atoms with Crippen molar-refractivity contribution in [2.24, 2.45) is 0 Å². The third-order valence-corrected chi connectivity index (χ3v) is 2.30. The maximum Gasteiger partial charge on any atom is 0.104 e. The predicted molar refractivity (Wildman–Crippen MR) is 63.2 cm³/mol. The van der Waals surface area contributed by atoms with Gasteiger partial charge in [0, 0.05) is 18.8 Å². The van der Waals surface area contributed by atoms with Crippen molar-refractivity contribution in [3.05, 3.63) is 24.0 Å². The van der Waals surface area contributed by atoms with Crippen molar-refractivity contribution in [3.63, 3.8) is 0 Å². The van der Waals surface area contributed by atoms with Gasteiger partial charge in [-0.25, -0.2) is 4.98 Å². The fraction of sp³-hybridized carbons (Fsp3) is 0.364. The van der Waals surface area contributed by atoms with Crippen molar-refractivity contribution in [1.82, 2.24) is 15.3 Å². The molecule has 0 saturated carbocycles. The van der Waals surface area contributed by atoms with E-state index in [4.69, 9.17) is 0 Å². The highest BCUT2D eigenvalue weighted by Gasteiger charge is 1.99. The van der Waals surface area contributed by atoms with Gasteiger partial charge < -0.3 is 15.6 Å². The zero-order valence-electron chi connectivity index (χ0n) is 9.09. The molecule has 1 aromatic carbocycles. The molecule has 1 heterocycles. The Morgan fingerprint density at radius 3 is 3.00 bits per heavy atom. The van der Waals surface area contributed by atoms with Gasteiger partial charge in [-0.2, -0.15) is 0 Å². The molecule has 4 heteroatoms. The summed E-state index contributed by atoms with van der Waals surface area (Å²) in [5.74, 6) is 0.956. The van der Waals surface area contributed by atoms with Crippen LogP contribution in [0.3, 0.4) is 0 Å². The number of anilines is 1. The van der Waals surface area contributed by atoms with E-state index in [1.54, 1.807) is 0 Å². The Balaban J connectivity index is 2.15. The molecule has 0 amide bonds. The molecule has 0 radical (unpaired) electrons. The van der Waals surface area contributed by atoms with Gasteiger partial charge in [-0.3, -0.25) is 0 Å². The van der Waals surface area contributed by atoms with Crippen LogP contribution in [-0.4, -0.2) is 30.1 Å². The van der Waals surface area contributed by atoms with Gasteiger partial charge in [-0.15, -0.1) is 0 Å². The summed E-state index contributed by atoms with van der Waals surface area (Å²) < 4.78 is 0. The zero-order valence-corrected chi connectivity index (χ0v) is 9.09. The Hall–Kier alpha value is -1.55. The molecule has 0 fully saturated rings. The van der Waals surface area contributed by atoms with Gasteiger partial charge >= 0.3 is 0 Å². The summed E-state index contributed by atoms with van der Waals surface area (Å²) in [4.78, 5) is 7.58. The normalized spacial score (nSPS) is 10.8. The van der Waals surface area contributed by atoms with Crippen molar-refractivity contribution in [2.75, 3.05) is 25.5 Å². The number of rotatable bonds is 4. The number of fused-ring (bicyclic) bond motifs is 1. The number of hydrogen-bond donors (Lipinski definition) is 3. The Bertz CT molecular complexity index is 447. The van der Waals surface area contributed by atoms with Crippen LogP contribution < -0.4 is 10.6 Å². The first-order valence-corrected chi connectivity index (χ1v) is 5.14. The average molecular weight is 204 g/mol. The monoisotopic (exact) mass is 204 g/mol. The van der Waals surface area contributed by atoms with Crippen LogP contribution in [0.1, 0.15) is 5.82 Å². The van der Waals surface area contributed by atoms with E-state index in [1.165, 1.54) is 0 Å². The van der Waals surface area contributed by atoms with Crippen LogP contribution in [0.2, 0.25) is 0 Å². The largest absolute Gasteiger partial charge is 0.384 e. The molecular weight excluding hydrogens is 188 g/mol. The number of imidazole rings is 1. The first kappa shape index (κ1) is 9.98. The third-order valence-electron chi connectivity index (χ3n) is 2.30. The first-order chi connectivity index (χ1) is 7.29. The summed E-state index contributed by atoms with van der Waals surface area (Å²) >= 11 is 0. The smallest absolute Gasteiger partial charge is 0.104 e. The number of aryl methyl sites for hydroxylation is 1. The Kier molecular flexibility index (Phi) is 2.87. The summed E-state index contributed by atoms with van der Waals surface area (Å²) in [6, 6.07) is 6.17. The molecule has 0 unspecified atom stereocenters. The number of aromatic nitrogens is 2. The molecule has 15 heavy (non-hydrogen) atoms. The number of likely N-dealkylation sites (N-methyl/N-ethyl adjacent to an activating group) is 1. The lowest BCUT2D eigenvalue weighted by molar-refractivity contribution is 0.824. The fourth-order valence-electron chi connectivity index (χ4n) is 1.58. The molecule has 2 rings (SSSR count). The second kappa shape index (κ2) is 4.31. The predicted octanol–water partition coefficient (Wildman–Crippen LogP) is 1.50. The van der Waals surface area contributed by atoms with Crippen molar-refractivity contribution < 1.29 is 0 Å². The van der Waals surface area contributed by atoms with E-state index >= 15 is 0 Å². The van der Waals surface area contributed by atoms with Crippen LogP contribution in [0.5, 0.6) is 0 Å². The van der Waals surface area contributed by atoms with Crippen LogP contribution >= 0.6 is 0 Å². The van der Waals surface area contributed by atoms with Crippen molar-refractivity contribution in [1.29, 1.82) is 0 Å². The molecule has 0 bridgehead atoms. The highest BCUT2D eigenvalue weighted by molar-refractivity contribution is 5.79. The highest BCUT2D eigenvalue weighted by Crippen LogP contribution is 2.16. The number of benzene rings is 1. The number of hydrogen-bond acceptors (Lipinski definition) is 3. The van der Waals surface area contributed by atoms with E-state index in [1.807, 2.05) is 20.0 Å². The van der Waals surface area contributed by atoms with E-state index in [0.29, 0.717) is 0 Å². The Morgan fingerprint density at radius 2 is 2.20 bits per heavy atom. The minimum Gasteiger partial charge on any atom is -0.384 e. The van der Waals surface area contributed by atoms with Crippen molar-refractivity contribution in [3.8, 4) is 0 Å². The minimum absolute atomic E-state index is 0.926. The maximum absolute atomic E-state index is 4.36. The highest BCUT2D eigenvalue weighted by atomic mass is 14.9. The van der Waals surface area contributed by atoms with E-state index in [2.05, 4.69) is 32.7 Å². The maximum atomic E-state index is 4.36. The topological polar surface area (TPSA) is 52.7 Å². The number of nitrogens with zero attached hydrogens (tertiary/aromatic N) is 1. The van der Waals surface area contributed by atoms with Crippen LogP contribution in [0.4, 0.5) is 5.69 Å². The Labute approximate surface area is 89.1 Å². The molecular formula is C11H16N4. The second-order valence-corrected chi connectivity index (χ2v) is 3.58. The number of aromatic amines is 1. The molecule has 4 nitrogen and oxygen atoms in total. The summed E-state index contributed by atoms with van der Waals surface area (Å²) in [6.07, 6.45) is 0. The molecule has 0 aliphatic rings. The third kappa shape index (κ3) is 2.27. The standard InChI is InChI=1S/C11H16N4/c1-8-14-10-4-3-9(7-11(10)15-8)13-6-5-12-2/h3-4,7,12-13H,5-6H2,1-2H3,(H,14,15). The zero-order chi connectivity index (χ0) is 10.7. The molecule has 0 spiro atoms. The van der Waals surface area contributed by atoms with Crippen LogP contribution in [0.25, 0.3) is 11.0 Å². The van der Waals surface area contributed by atoms with Gasteiger partial charge in [0.25, 0.3) is 0 Å². The molecule has 2 aromatic rings. The lowest BCUT2D eigenvalue weighted by Crippen LogP contribution is -2.17. The molecule has 0 atom stereocenters. The summed E-state index contributed by atoms with van der Waals surface area (Å²) in [7, 11) is 1.95. The summed E-state index contributed by atoms with van der Waals surface area (Å²) in [5, 5.41) is 6.43. The van der Waals surface area contributed by atoms with Crippen LogP contribution in [0, 0.1) is 6.92 Å². The van der Waals surface area contributed by atoms with Crippen LogP contribution in [0.15, 0.2) is 18.2 Å². The van der Waals surface area contributed by atoms with Crippen molar-refractivity contribution in [2.45, 2.75) is 6.92 Å². The first-order valence-electron chi connectivity index (χ1n) is 5.14. The fourth-order valence-corrected chi connectivity index (χ4v) is 1.58. The van der Waals surface area contributed by atoms with Gasteiger partial charge in [0.2, 0.25) is 0 Å². The Morgan fingerprint density at radius 1 is 1.33 bits per heavy atom. The van der Waals surface area contributed by atoms with Crippen molar-refractivity contribution >= 4 is 16.7 Å². The minimum atomic E-state index is 0.926. The SMILES string of the molecule is CNCCNc1ccc2nc(C)[nH]c2c1. The summed E-state index contributed by atoms with van der Waals surface area (Å²) in [5.41, 5.74) is 3.23. The van der Waals surface area contributed by atoms with Crippen LogP contribution in [-0.2, 0) is 0 Å². The number of nitrogens with one attached hydrogen (secondary N) is 3. The molecule has 3 N–H and O–H groups in total. The molecule has 0 aliphatic carbocycles. The second-order valence-electron chi connectivity index (χ2n) is 3.58. The average Bonchev–Trinajstić information content (AvgIpc) is 2.57. The summed E-state index contributed by atoms with van der Waals surface area (Å²) in [6.45, 7) is 3.85. The molecule has 0 aliphatic heterocycles. The number of H-pyrrole nitrogens is 1. The van der Waals surface area contributed by atoms with Gasteiger partial charge in [0.1, 0.15) is 5.82 Å². The quantitative estimate of drug-likeness (QED) is 0.662. The van der Waals surface area contributed by atoms with Gasteiger partial charge in [0.05, 0.1) is 11.0 Å². The van der Waals surface area contributed by atoms with E-state index in [9.17, 15) is 0 Å². The van der Waals surface area contributed by atoms with Gasteiger partial charge in [0.15, 0.2) is 0 Å². The molecule has 80 valence electrons. The van der Waals surface area contributed by atoms with E-state index in [-0.39, 0.29) is 0 Å². The van der Waals surface area contributed by atoms with E-state index in [0.717, 1.165) is 35.6 Å². The van der Waals surface area contributed by atoms with E-state index < -0.39 is 0 Å². The lowest BCUT2D eigenvalue weighted by atomic mass is 10.3. The van der Waals surface area contributed by atoms with Gasteiger partial charge in [-0.1, -0.05) is 0 Å².